The lowest BCUT2D eigenvalue weighted by atomic mass is 10.1. The highest BCUT2D eigenvalue weighted by Crippen LogP contribution is 2.03. The predicted molar refractivity (Wildman–Crippen MR) is 65.0 cm³/mol. The minimum atomic E-state index is 0.0222. The van der Waals surface area contributed by atoms with Crippen molar-refractivity contribution in [3.8, 4) is 11.8 Å². The maximum Gasteiger partial charge on any atom is 0.224 e. The molecule has 16 heavy (non-hydrogen) atoms. The van der Waals surface area contributed by atoms with Crippen molar-refractivity contribution in [3.05, 3.63) is 35.4 Å². The second-order valence-electron chi connectivity index (χ2n) is 3.38. The highest BCUT2D eigenvalue weighted by molar-refractivity contribution is 5.78. The third-order valence-corrected chi connectivity index (χ3v) is 2.10. The van der Waals surface area contributed by atoms with Crippen LogP contribution in [0.2, 0.25) is 0 Å². The van der Waals surface area contributed by atoms with Crippen LogP contribution < -0.4 is 10.6 Å². The number of hydrogen-bond acceptors (Lipinski definition) is 2. The third-order valence-electron chi connectivity index (χ3n) is 2.10. The number of carbonyl (C=O) groups excluding carboxylic acids is 1. The molecule has 2 N–H and O–H groups in total. The molecule has 1 aromatic rings. The zero-order valence-corrected chi connectivity index (χ0v) is 9.63. The van der Waals surface area contributed by atoms with Crippen LogP contribution in [0.3, 0.4) is 0 Å². The van der Waals surface area contributed by atoms with Crippen LogP contribution >= 0.6 is 0 Å². The van der Waals surface area contributed by atoms with Gasteiger partial charge in [-0.15, -0.1) is 0 Å². The molecule has 1 aromatic carbocycles. The molecule has 0 atom stereocenters. The molecule has 0 fully saturated rings. The first kappa shape index (κ1) is 12.3. The Morgan fingerprint density at radius 2 is 1.94 bits per heavy atom. The van der Waals surface area contributed by atoms with Crippen LogP contribution in [0.5, 0.6) is 0 Å². The fourth-order valence-corrected chi connectivity index (χ4v) is 1.21. The van der Waals surface area contributed by atoms with Gasteiger partial charge in [0.05, 0.1) is 13.0 Å². The molecule has 0 radical (unpaired) electrons. The van der Waals surface area contributed by atoms with Gasteiger partial charge in [-0.25, -0.2) is 0 Å². The van der Waals surface area contributed by atoms with Crippen molar-refractivity contribution >= 4 is 5.91 Å². The van der Waals surface area contributed by atoms with Crippen LogP contribution in [-0.4, -0.2) is 26.5 Å². The molecule has 0 bridgehead atoms. The first-order chi connectivity index (χ1) is 7.76. The summed E-state index contributed by atoms with van der Waals surface area (Å²) in [7, 11) is 3.50. The molecule has 3 heteroatoms. The van der Waals surface area contributed by atoms with E-state index in [1.54, 1.807) is 7.05 Å². The van der Waals surface area contributed by atoms with Gasteiger partial charge < -0.3 is 10.6 Å². The minimum Gasteiger partial charge on any atom is -0.359 e. The molecule has 1 amide bonds. The Labute approximate surface area is 96.2 Å². The quantitative estimate of drug-likeness (QED) is 0.724. The maximum absolute atomic E-state index is 11.1. The monoisotopic (exact) mass is 216 g/mol. The van der Waals surface area contributed by atoms with Gasteiger partial charge in [0.1, 0.15) is 0 Å². The predicted octanol–water partition coefficient (Wildman–Crippen LogP) is 0.546. The average Bonchev–Trinajstić information content (AvgIpc) is 2.31. The third kappa shape index (κ3) is 4.16. The molecule has 0 unspecified atom stereocenters. The lowest BCUT2D eigenvalue weighted by Crippen LogP contribution is -2.19. The number of rotatable bonds is 3. The second kappa shape index (κ2) is 6.65. The number of likely N-dealkylation sites (N-methyl/N-ethyl adjacent to an activating group) is 1. The van der Waals surface area contributed by atoms with Crippen molar-refractivity contribution in [2.45, 2.75) is 6.42 Å². The van der Waals surface area contributed by atoms with Crippen LogP contribution in [0.1, 0.15) is 11.1 Å². The fraction of sp³-hybridized carbons (Fsp3) is 0.308. The minimum absolute atomic E-state index is 0.0222. The van der Waals surface area contributed by atoms with Gasteiger partial charge in [0.25, 0.3) is 0 Å². The van der Waals surface area contributed by atoms with Gasteiger partial charge in [0.15, 0.2) is 0 Å². The molecule has 0 heterocycles. The number of carbonyl (C=O) groups is 1. The van der Waals surface area contributed by atoms with Gasteiger partial charge in [-0.05, 0) is 24.7 Å². The molecule has 0 aromatic heterocycles. The number of nitrogens with one attached hydrogen (secondary N) is 2. The van der Waals surface area contributed by atoms with Gasteiger partial charge in [0, 0.05) is 12.6 Å². The first-order valence-corrected chi connectivity index (χ1v) is 5.19. The van der Waals surface area contributed by atoms with Crippen molar-refractivity contribution in [2.75, 3.05) is 20.6 Å². The van der Waals surface area contributed by atoms with Gasteiger partial charge in [0.2, 0.25) is 5.91 Å². The fourth-order valence-electron chi connectivity index (χ4n) is 1.21. The van der Waals surface area contributed by atoms with Gasteiger partial charge in [-0.1, -0.05) is 24.0 Å². The van der Waals surface area contributed by atoms with Crippen LogP contribution in [0.15, 0.2) is 24.3 Å². The second-order valence-corrected chi connectivity index (χ2v) is 3.38. The smallest absolute Gasteiger partial charge is 0.224 e. The molecule has 0 saturated heterocycles. The molecule has 0 saturated carbocycles. The molecular formula is C13H16N2O. The largest absolute Gasteiger partial charge is 0.359 e. The summed E-state index contributed by atoms with van der Waals surface area (Å²) in [6.07, 6.45) is 0.417. The average molecular weight is 216 g/mol. The highest BCUT2D eigenvalue weighted by Gasteiger charge is 1.99. The van der Waals surface area contributed by atoms with E-state index in [4.69, 9.17) is 0 Å². The topological polar surface area (TPSA) is 41.1 Å². The van der Waals surface area contributed by atoms with Crippen molar-refractivity contribution in [2.24, 2.45) is 0 Å². The molecule has 3 nitrogen and oxygen atoms in total. The summed E-state index contributed by atoms with van der Waals surface area (Å²) < 4.78 is 0. The molecule has 1 rings (SSSR count). The first-order valence-electron chi connectivity index (χ1n) is 5.19. The lowest BCUT2D eigenvalue weighted by Gasteiger charge is -2.00. The van der Waals surface area contributed by atoms with E-state index < -0.39 is 0 Å². The molecular weight excluding hydrogens is 200 g/mol. The molecule has 0 aliphatic rings. The van der Waals surface area contributed by atoms with Crippen LogP contribution in [0, 0.1) is 11.8 Å². The maximum atomic E-state index is 11.1. The van der Waals surface area contributed by atoms with E-state index in [1.165, 1.54) is 0 Å². The Balaban J connectivity index is 2.62. The summed E-state index contributed by atoms with van der Waals surface area (Å²) >= 11 is 0. The summed E-state index contributed by atoms with van der Waals surface area (Å²) in [6.45, 7) is 0.681. The van der Waals surface area contributed by atoms with E-state index >= 15 is 0 Å². The number of hydrogen-bond donors (Lipinski definition) is 2. The van der Waals surface area contributed by atoms with Crippen LogP contribution in [0.4, 0.5) is 0 Å². The summed E-state index contributed by atoms with van der Waals surface area (Å²) in [5.74, 6) is 6.03. The van der Waals surface area contributed by atoms with Crippen LogP contribution in [0.25, 0.3) is 0 Å². The Morgan fingerprint density at radius 3 is 2.50 bits per heavy atom. The van der Waals surface area contributed by atoms with Gasteiger partial charge in [-0.2, -0.15) is 0 Å². The van der Waals surface area contributed by atoms with Gasteiger partial charge >= 0.3 is 0 Å². The van der Waals surface area contributed by atoms with E-state index in [2.05, 4.69) is 22.5 Å². The van der Waals surface area contributed by atoms with Crippen molar-refractivity contribution in [1.82, 2.24) is 10.6 Å². The molecule has 84 valence electrons. The summed E-state index contributed by atoms with van der Waals surface area (Å²) in [5, 5.41) is 5.55. The van der Waals surface area contributed by atoms with E-state index in [1.807, 2.05) is 31.3 Å². The molecule has 0 aliphatic carbocycles. The number of amides is 1. The van der Waals surface area contributed by atoms with Crippen molar-refractivity contribution in [1.29, 1.82) is 0 Å². The zero-order chi connectivity index (χ0) is 11.8. The lowest BCUT2D eigenvalue weighted by molar-refractivity contribution is -0.119. The summed E-state index contributed by atoms with van der Waals surface area (Å²) in [5.41, 5.74) is 1.97. The van der Waals surface area contributed by atoms with E-state index in [0.29, 0.717) is 13.0 Å². The Kier molecular flexibility index (Phi) is 5.10. The molecule has 0 aliphatic heterocycles. The highest BCUT2D eigenvalue weighted by atomic mass is 16.1. The summed E-state index contributed by atoms with van der Waals surface area (Å²) in [6, 6.07) is 7.72. The summed E-state index contributed by atoms with van der Waals surface area (Å²) in [4.78, 5) is 11.1. The molecule has 0 spiro atoms. The van der Waals surface area contributed by atoms with E-state index in [-0.39, 0.29) is 5.91 Å². The van der Waals surface area contributed by atoms with E-state index in [0.717, 1.165) is 11.1 Å². The van der Waals surface area contributed by atoms with Gasteiger partial charge in [-0.3, -0.25) is 4.79 Å². The van der Waals surface area contributed by atoms with Crippen LogP contribution in [-0.2, 0) is 11.2 Å². The van der Waals surface area contributed by atoms with Crippen molar-refractivity contribution < 1.29 is 4.79 Å². The van der Waals surface area contributed by atoms with Crippen molar-refractivity contribution in [3.63, 3.8) is 0 Å². The Bertz CT molecular complexity index is 398. The SMILES string of the molecule is CNCC#Cc1ccc(CC(=O)NC)cc1. The Morgan fingerprint density at radius 1 is 1.25 bits per heavy atom. The normalized spacial score (nSPS) is 9.12. The Hall–Kier alpha value is -1.79. The van der Waals surface area contributed by atoms with E-state index in [9.17, 15) is 4.79 Å². The zero-order valence-electron chi connectivity index (χ0n) is 9.63. The standard InChI is InChI=1S/C13H16N2O/c1-14-9-3-4-11-5-7-12(8-6-11)10-13(16)15-2/h5-8,14H,9-10H2,1-2H3,(H,15,16). The number of benzene rings is 1.